The van der Waals surface area contributed by atoms with E-state index in [-0.39, 0.29) is 22.1 Å². The van der Waals surface area contributed by atoms with Gasteiger partial charge in [-0.3, -0.25) is 4.40 Å². The van der Waals surface area contributed by atoms with Gasteiger partial charge in [0, 0.05) is 23.9 Å². The van der Waals surface area contributed by atoms with E-state index in [1.54, 1.807) is 26.8 Å². The van der Waals surface area contributed by atoms with E-state index in [4.69, 9.17) is 10.3 Å². The molecule has 9 nitrogen and oxygen atoms in total. The molecule has 13 heteroatoms. The smallest absolute Gasteiger partial charge is 0.381 e. The Kier molecular flexibility index (Phi) is 5.59. The van der Waals surface area contributed by atoms with Crippen molar-refractivity contribution in [3.8, 4) is 11.3 Å². The molecule has 4 aromatic rings. The number of sulfonamides is 1. The highest BCUT2D eigenvalue weighted by molar-refractivity contribution is 7.89. The summed E-state index contributed by atoms with van der Waals surface area (Å²) in [5.41, 5.74) is 7.35. The van der Waals surface area contributed by atoms with E-state index in [2.05, 4.69) is 15.1 Å². The molecule has 0 spiro atoms. The van der Waals surface area contributed by atoms with Crippen molar-refractivity contribution in [2.75, 3.05) is 12.3 Å². The number of aryl methyl sites for hydroxylation is 3. The number of alkyl halides is 3. The Morgan fingerprint density at radius 3 is 2.61 bits per heavy atom. The lowest BCUT2D eigenvalue weighted by molar-refractivity contribution is -0.141. The molecule has 1 aliphatic heterocycles. The summed E-state index contributed by atoms with van der Waals surface area (Å²) in [6, 6.07) is 4.16. The summed E-state index contributed by atoms with van der Waals surface area (Å²) in [4.78, 5) is 7.56. The van der Waals surface area contributed by atoms with Crippen molar-refractivity contribution in [1.29, 1.82) is 0 Å². The minimum absolute atomic E-state index is 0.0229. The summed E-state index contributed by atoms with van der Waals surface area (Å²) in [6.45, 7) is 5.60. The Labute approximate surface area is 204 Å². The number of rotatable bonds is 4. The second-order valence-electron chi connectivity index (χ2n) is 8.83. The van der Waals surface area contributed by atoms with Gasteiger partial charge in [-0.15, -0.1) is 0 Å². The Bertz CT molecular complexity index is 1570. The Morgan fingerprint density at radius 1 is 1.19 bits per heavy atom. The van der Waals surface area contributed by atoms with Crippen LogP contribution in [0.25, 0.3) is 16.9 Å². The largest absolute Gasteiger partial charge is 0.434 e. The maximum absolute atomic E-state index is 13.8. The molecule has 36 heavy (non-hydrogen) atoms. The average molecular weight is 521 g/mol. The highest BCUT2D eigenvalue weighted by atomic mass is 32.2. The average Bonchev–Trinajstić information content (AvgIpc) is 3.52. The first-order valence-electron chi connectivity index (χ1n) is 11.2. The number of halogens is 3. The van der Waals surface area contributed by atoms with Crippen LogP contribution in [0.3, 0.4) is 0 Å². The molecule has 1 aromatic carbocycles. The van der Waals surface area contributed by atoms with E-state index in [9.17, 15) is 21.6 Å². The molecular weight excluding hydrogens is 497 g/mol. The highest BCUT2D eigenvalue weighted by Crippen LogP contribution is 2.40. The number of nitrogens with zero attached hydrogens (tertiary/aromatic N) is 5. The van der Waals surface area contributed by atoms with E-state index < -0.39 is 27.9 Å². The third kappa shape index (κ3) is 3.82. The molecule has 3 aromatic heterocycles. The monoisotopic (exact) mass is 520 g/mol. The van der Waals surface area contributed by atoms with Crippen LogP contribution in [0.15, 0.2) is 40.0 Å². The molecule has 1 saturated heterocycles. The first-order chi connectivity index (χ1) is 16.9. The minimum atomic E-state index is -4.72. The second-order valence-corrected chi connectivity index (χ2v) is 10.7. The number of nitrogens with two attached hydrogens (primary N) is 1. The lowest BCUT2D eigenvalue weighted by Gasteiger charge is -2.24. The van der Waals surface area contributed by atoms with Crippen LogP contribution in [-0.4, -0.2) is 38.8 Å². The Hall–Kier alpha value is -3.45. The predicted molar refractivity (Wildman–Crippen MR) is 124 cm³/mol. The number of aromatic nitrogens is 4. The van der Waals surface area contributed by atoms with Gasteiger partial charge in [0.25, 0.3) is 0 Å². The van der Waals surface area contributed by atoms with E-state index in [1.165, 1.54) is 27.0 Å². The van der Waals surface area contributed by atoms with Crippen molar-refractivity contribution < 1.29 is 26.1 Å². The lowest BCUT2D eigenvalue weighted by atomic mass is 10.0. The van der Waals surface area contributed by atoms with Gasteiger partial charge in [0.05, 0.1) is 28.5 Å². The Morgan fingerprint density at radius 2 is 1.94 bits per heavy atom. The molecule has 5 rings (SSSR count). The van der Waals surface area contributed by atoms with Crippen LogP contribution >= 0.6 is 0 Å². The van der Waals surface area contributed by atoms with Gasteiger partial charge in [0.1, 0.15) is 5.76 Å². The molecule has 2 N–H and O–H groups in total. The van der Waals surface area contributed by atoms with Gasteiger partial charge in [-0.25, -0.2) is 18.4 Å². The van der Waals surface area contributed by atoms with Crippen LogP contribution in [0.1, 0.15) is 47.2 Å². The highest BCUT2D eigenvalue weighted by Gasteiger charge is 2.39. The predicted octanol–water partition coefficient (Wildman–Crippen LogP) is 4.44. The fourth-order valence-corrected chi connectivity index (χ4v) is 6.50. The number of fused-ring (bicyclic) bond motifs is 1. The number of hydrogen-bond donors (Lipinski definition) is 1. The van der Waals surface area contributed by atoms with Crippen LogP contribution in [0.4, 0.5) is 19.0 Å². The molecule has 1 aliphatic rings. The molecule has 0 bridgehead atoms. The number of nitrogen functional groups attached to an aromatic ring is 1. The number of benzene rings is 1. The third-order valence-electron chi connectivity index (χ3n) is 6.53. The van der Waals surface area contributed by atoms with Crippen molar-refractivity contribution in [3.05, 3.63) is 58.9 Å². The molecule has 4 heterocycles. The maximum atomic E-state index is 13.8. The molecule has 0 aliphatic carbocycles. The van der Waals surface area contributed by atoms with E-state index in [0.29, 0.717) is 42.0 Å². The summed E-state index contributed by atoms with van der Waals surface area (Å²) >= 11 is 0. The molecule has 1 fully saturated rings. The SMILES string of the molecule is Cc1ccc(S(=O)(=O)N2CCCC2c2c(C)noc2C)cc1-c1cnc2c(N)nc(C(F)(F)F)cn12. The van der Waals surface area contributed by atoms with Gasteiger partial charge in [0.2, 0.25) is 10.0 Å². The van der Waals surface area contributed by atoms with E-state index >= 15 is 0 Å². The molecule has 0 amide bonds. The third-order valence-corrected chi connectivity index (χ3v) is 8.43. The number of anilines is 1. The van der Waals surface area contributed by atoms with Crippen molar-refractivity contribution in [2.24, 2.45) is 0 Å². The summed E-state index contributed by atoms with van der Waals surface area (Å²) < 4.78 is 75.5. The quantitative estimate of drug-likeness (QED) is 0.423. The molecular formula is C23H23F3N6O3S. The van der Waals surface area contributed by atoms with Crippen molar-refractivity contribution in [2.45, 2.75) is 50.7 Å². The maximum Gasteiger partial charge on any atom is 0.434 e. The Balaban J connectivity index is 1.62. The summed E-state index contributed by atoms with van der Waals surface area (Å²) in [7, 11) is -3.95. The van der Waals surface area contributed by atoms with Gasteiger partial charge in [-0.2, -0.15) is 17.5 Å². The lowest BCUT2D eigenvalue weighted by Crippen LogP contribution is -2.31. The zero-order valence-electron chi connectivity index (χ0n) is 19.7. The van der Waals surface area contributed by atoms with Gasteiger partial charge in [-0.05, 0) is 51.3 Å². The van der Waals surface area contributed by atoms with Crippen LogP contribution in [-0.2, 0) is 16.2 Å². The summed E-state index contributed by atoms with van der Waals surface area (Å²) in [5, 5.41) is 3.97. The first-order valence-corrected chi connectivity index (χ1v) is 12.6. The van der Waals surface area contributed by atoms with Crippen LogP contribution in [0.5, 0.6) is 0 Å². The second kappa shape index (κ2) is 8.30. The van der Waals surface area contributed by atoms with Gasteiger partial charge in [0.15, 0.2) is 17.2 Å². The van der Waals surface area contributed by atoms with Crippen molar-refractivity contribution >= 4 is 21.5 Å². The van der Waals surface area contributed by atoms with Crippen LogP contribution in [0, 0.1) is 20.8 Å². The van der Waals surface area contributed by atoms with Crippen molar-refractivity contribution in [1.82, 2.24) is 23.8 Å². The van der Waals surface area contributed by atoms with E-state index in [1.807, 2.05) is 0 Å². The van der Waals surface area contributed by atoms with E-state index in [0.717, 1.165) is 11.8 Å². The summed E-state index contributed by atoms with van der Waals surface area (Å²) in [5.74, 6) is 0.193. The van der Waals surface area contributed by atoms with Crippen molar-refractivity contribution in [3.63, 3.8) is 0 Å². The van der Waals surface area contributed by atoms with Gasteiger partial charge < -0.3 is 10.3 Å². The summed E-state index contributed by atoms with van der Waals surface area (Å²) in [6.07, 6.45) is -1.25. The zero-order valence-corrected chi connectivity index (χ0v) is 20.5. The minimum Gasteiger partial charge on any atom is -0.381 e. The van der Waals surface area contributed by atoms with Gasteiger partial charge in [-0.1, -0.05) is 11.2 Å². The standard InChI is InChI=1S/C23H23F3N6O3S/c1-12-6-7-15(36(33,34)32-8-4-5-17(32)20-13(2)30-35-14(20)3)9-16(12)18-10-28-22-21(27)29-19(11-31(18)22)23(24,25)26/h6-7,9-11,17H,4-5,8H2,1-3H3,(H2,27,29). The fraction of sp³-hybridized carbons (Fsp3) is 0.348. The number of imidazole rings is 1. The molecule has 190 valence electrons. The molecule has 1 atom stereocenters. The van der Waals surface area contributed by atoms with Crippen LogP contribution < -0.4 is 5.73 Å². The normalized spacial score (nSPS) is 17.3. The fourth-order valence-electron chi connectivity index (χ4n) is 4.80. The molecule has 0 radical (unpaired) electrons. The molecule has 1 unspecified atom stereocenters. The topological polar surface area (TPSA) is 120 Å². The molecule has 0 saturated carbocycles. The van der Waals surface area contributed by atoms with Crippen LogP contribution in [0.2, 0.25) is 0 Å². The first kappa shape index (κ1) is 24.3. The zero-order chi connectivity index (χ0) is 26.0. The van der Waals surface area contributed by atoms with Gasteiger partial charge >= 0.3 is 6.18 Å². The number of hydrogen-bond acceptors (Lipinski definition) is 7.